The number of nitrogens with zero attached hydrogens (tertiary/aromatic N) is 2. The van der Waals surface area contributed by atoms with Gasteiger partial charge in [-0.3, -0.25) is 25.0 Å². The Hall–Kier alpha value is -2.51. The molecule has 1 aromatic carbocycles. The van der Waals surface area contributed by atoms with Gasteiger partial charge in [-0.25, -0.2) is 0 Å². The van der Waals surface area contributed by atoms with E-state index in [0.717, 1.165) is 37.5 Å². The van der Waals surface area contributed by atoms with E-state index in [1.54, 1.807) is 0 Å². The fraction of sp³-hybridized carbons (Fsp3) is 0.632. The highest BCUT2D eigenvalue weighted by atomic mass is 16.6. The smallest absolute Gasteiger partial charge is 0.277 e. The van der Waals surface area contributed by atoms with Gasteiger partial charge in [0.05, 0.1) is 21.5 Å². The number of rotatable bonds is 14. The lowest BCUT2D eigenvalue weighted by atomic mass is 10.1. The van der Waals surface area contributed by atoms with Crippen LogP contribution >= 0.6 is 0 Å². The number of non-ortho nitro benzene ring substituents is 2. The summed E-state index contributed by atoms with van der Waals surface area (Å²) in [5.74, 6) is -0.530. The molecule has 0 saturated heterocycles. The maximum absolute atomic E-state index is 12.1. The maximum atomic E-state index is 12.1. The van der Waals surface area contributed by atoms with Gasteiger partial charge in [0.2, 0.25) is 0 Å². The van der Waals surface area contributed by atoms with E-state index in [2.05, 4.69) is 12.2 Å². The van der Waals surface area contributed by atoms with Crippen molar-refractivity contribution >= 4 is 17.3 Å². The van der Waals surface area contributed by atoms with Crippen LogP contribution in [0, 0.1) is 20.2 Å². The van der Waals surface area contributed by atoms with Gasteiger partial charge in [0, 0.05) is 18.7 Å². The summed E-state index contributed by atoms with van der Waals surface area (Å²) in [6.45, 7) is 2.66. The Morgan fingerprint density at radius 2 is 1.26 bits per heavy atom. The molecule has 0 radical (unpaired) electrons. The Morgan fingerprint density at radius 3 is 1.70 bits per heavy atom. The predicted octanol–water partition coefficient (Wildman–Crippen LogP) is 5.15. The van der Waals surface area contributed by atoms with Crippen LogP contribution in [-0.2, 0) is 0 Å². The van der Waals surface area contributed by atoms with E-state index in [1.165, 1.54) is 44.9 Å². The molecular weight excluding hydrogens is 350 g/mol. The third-order valence-corrected chi connectivity index (χ3v) is 4.40. The highest BCUT2D eigenvalue weighted by Gasteiger charge is 2.19. The summed E-state index contributed by atoms with van der Waals surface area (Å²) in [6.07, 6.45) is 11.8. The van der Waals surface area contributed by atoms with Gasteiger partial charge in [0.1, 0.15) is 0 Å². The summed E-state index contributed by atoms with van der Waals surface area (Å²) in [6, 6.07) is 2.96. The fourth-order valence-corrected chi connectivity index (χ4v) is 2.85. The van der Waals surface area contributed by atoms with Crippen LogP contribution in [0.1, 0.15) is 81.5 Å². The van der Waals surface area contributed by atoms with Gasteiger partial charge in [-0.15, -0.1) is 0 Å². The van der Waals surface area contributed by atoms with Gasteiger partial charge in [0.15, 0.2) is 0 Å². The minimum absolute atomic E-state index is 0.0667. The number of amides is 1. The summed E-state index contributed by atoms with van der Waals surface area (Å²) in [4.78, 5) is 32.3. The molecule has 0 aromatic heterocycles. The molecular formula is C19H29N3O5. The van der Waals surface area contributed by atoms with Gasteiger partial charge in [-0.1, -0.05) is 64.7 Å². The summed E-state index contributed by atoms with van der Waals surface area (Å²) in [5.41, 5.74) is -0.996. The molecule has 0 bridgehead atoms. The van der Waals surface area contributed by atoms with Crippen molar-refractivity contribution < 1.29 is 14.6 Å². The first-order valence-corrected chi connectivity index (χ1v) is 9.67. The molecule has 1 N–H and O–H groups in total. The van der Waals surface area contributed by atoms with Crippen molar-refractivity contribution in [2.45, 2.75) is 71.1 Å². The number of carbonyl (C=O) groups is 1. The van der Waals surface area contributed by atoms with Gasteiger partial charge < -0.3 is 5.32 Å². The Labute approximate surface area is 159 Å². The lowest BCUT2D eigenvalue weighted by Crippen LogP contribution is -2.24. The zero-order valence-corrected chi connectivity index (χ0v) is 15.9. The minimum Gasteiger partial charge on any atom is -0.352 e. The van der Waals surface area contributed by atoms with Crippen molar-refractivity contribution in [1.82, 2.24) is 5.32 Å². The number of carbonyl (C=O) groups excluding carboxylic acids is 1. The molecule has 0 spiro atoms. The lowest BCUT2D eigenvalue weighted by Gasteiger charge is -2.06. The summed E-state index contributed by atoms with van der Waals surface area (Å²) in [7, 11) is 0. The third kappa shape index (κ3) is 9.12. The lowest BCUT2D eigenvalue weighted by molar-refractivity contribution is -0.394. The molecule has 0 aliphatic rings. The van der Waals surface area contributed by atoms with Gasteiger partial charge in [-0.05, 0) is 6.42 Å². The third-order valence-electron chi connectivity index (χ3n) is 4.40. The van der Waals surface area contributed by atoms with Crippen LogP contribution in [0.25, 0.3) is 0 Å². The molecule has 8 nitrogen and oxygen atoms in total. The van der Waals surface area contributed by atoms with Crippen LogP contribution in [0.3, 0.4) is 0 Å². The second-order valence-electron chi connectivity index (χ2n) is 6.69. The van der Waals surface area contributed by atoms with Crippen molar-refractivity contribution in [1.29, 1.82) is 0 Å². The summed E-state index contributed by atoms with van der Waals surface area (Å²) >= 11 is 0. The SMILES string of the molecule is CCCCCCCCCCCCNC(=O)c1cc([N+](=O)[O-])cc([N+](=O)[O-])c1. The van der Waals surface area contributed by atoms with Crippen molar-refractivity contribution in [3.05, 3.63) is 44.0 Å². The van der Waals surface area contributed by atoms with E-state index >= 15 is 0 Å². The normalized spacial score (nSPS) is 10.6. The molecule has 0 saturated carbocycles. The zero-order chi connectivity index (χ0) is 20.1. The molecule has 150 valence electrons. The minimum atomic E-state index is -0.744. The first-order valence-electron chi connectivity index (χ1n) is 9.67. The number of hydrogen-bond donors (Lipinski definition) is 1. The molecule has 0 atom stereocenters. The predicted molar refractivity (Wildman–Crippen MR) is 104 cm³/mol. The molecule has 1 rings (SSSR count). The molecule has 0 aliphatic heterocycles. The van der Waals surface area contributed by atoms with Crippen LogP contribution in [0.4, 0.5) is 11.4 Å². The van der Waals surface area contributed by atoms with Crippen LogP contribution in [0.15, 0.2) is 18.2 Å². The van der Waals surface area contributed by atoms with Gasteiger partial charge in [-0.2, -0.15) is 0 Å². The number of nitro benzene ring substituents is 2. The number of nitrogens with one attached hydrogen (secondary N) is 1. The zero-order valence-electron chi connectivity index (χ0n) is 15.9. The monoisotopic (exact) mass is 379 g/mol. The standard InChI is InChI=1S/C19H29N3O5/c1-2-3-4-5-6-7-8-9-10-11-12-20-19(23)16-13-17(21(24)25)15-18(14-16)22(26)27/h13-15H,2-12H2,1H3,(H,20,23). The second-order valence-corrected chi connectivity index (χ2v) is 6.69. The number of hydrogen-bond acceptors (Lipinski definition) is 5. The first-order chi connectivity index (χ1) is 13.0. The molecule has 0 aliphatic carbocycles. The Balaban J connectivity index is 2.29. The summed E-state index contributed by atoms with van der Waals surface area (Å²) < 4.78 is 0. The molecule has 27 heavy (non-hydrogen) atoms. The molecule has 8 heteroatoms. The quantitative estimate of drug-likeness (QED) is 0.272. The molecule has 0 unspecified atom stereocenters. The average Bonchev–Trinajstić information content (AvgIpc) is 2.65. The van der Waals surface area contributed by atoms with Gasteiger partial charge in [0.25, 0.3) is 17.3 Å². The molecule has 1 aromatic rings. The largest absolute Gasteiger partial charge is 0.352 e. The van der Waals surface area contributed by atoms with Crippen molar-refractivity contribution in [3.63, 3.8) is 0 Å². The average molecular weight is 379 g/mol. The van der Waals surface area contributed by atoms with Crippen LogP contribution in [0.5, 0.6) is 0 Å². The van der Waals surface area contributed by atoms with E-state index in [9.17, 15) is 25.0 Å². The van der Waals surface area contributed by atoms with Crippen LogP contribution < -0.4 is 5.32 Å². The fourth-order valence-electron chi connectivity index (χ4n) is 2.85. The van der Waals surface area contributed by atoms with Gasteiger partial charge >= 0.3 is 0 Å². The molecule has 0 fully saturated rings. The first kappa shape index (κ1) is 22.5. The number of unbranched alkanes of at least 4 members (excludes halogenated alkanes) is 9. The van der Waals surface area contributed by atoms with E-state index in [4.69, 9.17) is 0 Å². The van der Waals surface area contributed by atoms with Crippen LogP contribution in [0.2, 0.25) is 0 Å². The van der Waals surface area contributed by atoms with E-state index < -0.39 is 27.1 Å². The molecule has 0 heterocycles. The van der Waals surface area contributed by atoms with Crippen LogP contribution in [-0.4, -0.2) is 22.3 Å². The topological polar surface area (TPSA) is 115 Å². The highest BCUT2D eigenvalue weighted by Crippen LogP contribution is 2.22. The number of benzene rings is 1. The van der Waals surface area contributed by atoms with E-state index in [0.29, 0.717) is 6.54 Å². The Bertz CT molecular complexity index is 602. The Morgan fingerprint density at radius 1 is 0.815 bits per heavy atom. The Kier molecular flexibility index (Phi) is 10.7. The summed E-state index contributed by atoms with van der Waals surface area (Å²) in [5, 5.41) is 24.4. The maximum Gasteiger partial charge on any atom is 0.277 e. The van der Waals surface area contributed by atoms with E-state index in [-0.39, 0.29) is 5.56 Å². The van der Waals surface area contributed by atoms with E-state index in [1.807, 2.05) is 0 Å². The van der Waals surface area contributed by atoms with Crippen molar-refractivity contribution in [3.8, 4) is 0 Å². The highest BCUT2D eigenvalue weighted by molar-refractivity contribution is 5.95. The second kappa shape index (κ2) is 12.8. The van der Waals surface area contributed by atoms with Crippen molar-refractivity contribution in [2.24, 2.45) is 0 Å². The number of nitro groups is 2. The van der Waals surface area contributed by atoms with Crippen molar-refractivity contribution in [2.75, 3.05) is 6.54 Å². The molecule has 1 amide bonds.